The zero-order valence-corrected chi connectivity index (χ0v) is 18.7. The Morgan fingerprint density at radius 3 is 2.33 bits per heavy atom. The smallest absolute Gasteiger partial charge is 0.293 e. The van der Waals surface area contributed by atoms with Crippen LogP contribution in [0.25, 0.3) is 6.08 Å². The maximum Gasteiger partial charge on any atom is 0.293 e. The molecule has 140 valence electrons. The van der Waals surface area contributed by atoms with Crippen LogP contribution in [0.1, 0.15) is 18.1 Å². The van der Waals surface area contributed by atoms with Crippen LogP contribution in [0.2, 0.25) is 10.0 Å². The van der Waals surface area contributed by atoms with Gasteiger partial charge in [-0.2, -0.15) is 0 Å². The van der Waals surface area contributed by atoms with Crippen molar-refractivity contribution in [3.05, 3.63) is 66.0 Å². The number of benzene rings is 2. The van der Waals surface area contributed by atoms with Gasteiger partial charge in [-0.3, -0.25) is 14.5 Å². The Bertz CT molecular complexity index is 908. The summed E-state index contributed by atoms with van der Waals surface area (Å²) in [6.45, 7) is 2.44. The number of imide groups is 1. The molecular weight excluding hydrogens is 520 g/mol. The molecule has 0 aliphatic carbocycles. The molecule has 2 aromatic carbocycles. The molecule has 3 rings (SSSR count). The minimum absolute atomic E-state index is 0.275. The molecule has 1 fully saturated rings. The molecule has 0 N–H and O–H groups in total. The summed E-state index contributed by atoms with van der Waals surface area (Å²) >= 11 is 15.8. The average molecular weight is 534 g/mol. The summed E-state index contributed by atoms with van der Waals surface area (Å²) in [7, 11) is 0. The first-order valence-electron chi connectivity index (χ1n) is 8.00. The van der Waals surface area contributed by atoms with Crippen LogP contribution < -0.4 is 4.74 Å². The van der Waals surface area contributed by atoms with E-state index in [1.165, 1.54) is 4.90 Å². The van der Waals surface area contributed by atoms with Crippen molar-refractivity contribution >= 4 is 74.8 Å². The van der Waals surface area contributed by atoms with Crippen molar-refractivity contribution in [3.63, 3.8) is 0 Å². The molecule has 2 aromatic rings. The van der Waals surface area contributed by atoms with Crippen LogP contribution >= 0.6 is 57.6 Å². The van der Waals surface area contributed by atoms with Crippen molar-refractivity contribution in [2.75, 3.05) is 6.54 Å². The van der Waals surface area contributed by atoms with Gasteiger partial charge in [0.1, 0.15) is 6.61 Å². The monoisotopic (exact) mass is 533 g/mol. The largest absolute Gasteiger partial charge is 0.486 e. The zero-order valence-electron chi connectivity index (χ0n) is 14.2. The van der Waals surface area contributed by atoms with E-state index in [0.29, 0.717) is 39.4 Å². The SMILES string of the molecule is CCN1C(=O)S/C(=C/c2cc(Cl)c(OCc3ccc(I)cc3)c(Cl)c2)C1=O. The lowest BCUT2D eigenvalue weighted by Gasteiger charge is -2.11. The quantitative estimate of drug-likeness (QED) is 0.337. The summed E-state index contributed by atoms with van der Waals surface area (Å²) in [5.74, 6) is 0.0782. The van der Waals surface area contributed by atoms with Crippen molar-refractivity contribution in [1.29, 1.82) is 0 Å². The van der Waals surface area contributed by atoms with Gasteiger partial charge in [0.15, 0.2) is 5.75 Å². The van der Waals surface area contributed by atoms with Gasteiger partial charge in [0, 0.05) is 10.1 Å². The van der Waals surface area contributed by atoms with E-state index in [1.54, 1.807) is 25.1 Å². The summed E-state index contributed by atoms with van der Waals surface area (Å²) in [4.78, 5) is 25.5. The first-order chi connectivity index (χ1) is 12.9. The van der Waals surface area contributed by atoms with Gasteiger partial charge in [0.2, 0.25) is 0 Å². The van der Waals surface area contributed by atoms with Crippen LogP contribution in [-0.2, 0) is 11.4 Å². The van der Waals surface area contributed by atoms with Gasteiger partial charge in [-0.25, -0.2) is 0 Å². The second-order valence-corrected chi connectivity index (χ2v) is 8.71. The number of halogens is 3. The minimum Gasteiger partial charge on any atom is -0.486 e. The molecule has 0 aromatic heterocycles. The average Bonchev–Trinajstić information content (AvgIpc) is 2.88. The third-order valence-electron chi connectivity index (χ3n) is 3.80. The lowest BCUT2D eigenvalue weighted by Crippen LogP contribution is -2.27. The van der Waals surface area contributed by atoms with Gasteiger partial charge >= 0.3 is 0 Å². The van der Waals surface area contributed by atoms with E-state index in [9.17, 15) is 9.59 Å². The van der Waals surface area contributed by atoms with Crippen molar-refractivity contribution in [1.82, 2.24) is 4.90 Å². The Morgan fingerprint density at radius 1 is 1.15 bits per heavy atom. The number of likely N-dealkylation sites (N-methyl/N-ethyl adjacent to an activating group) is 1. The summed E-state index contributed by atoms with van der Waals surface area (Å²) in [5.41, 5.74) is 1.63. The highest BCUT2D eigenvalue weighted by atomic mass is 127. The van der Waals surface area contributed by atoms with Gasteiger partial charge in [-0.05, 0) is 82.7 Å². The van der Waals surface area contributed by atoms with Crippen molar-refractivity contribution < 1.29 is 14.3 Å². The molecule has 1 aliphatic heterocycles. The predicted octanol–water partition coefficient (Wildman–Crippen LogP) is 6.23. The Kier molecular flexibility index (Phi) is 6.73. The second-order valence-electron chi connectivity index (χ2n) is 5.65. The Labute approximate surface area is 185 Å². The third kappa shape index (κ3) is 4.80. The fourth-order valence-electron chi connectivity index (χ4n) is 2.46. The molecule has 27 heavy (non-hydrogen) atoms. The topological polar surface area (TPSA) is 46.6 Å². The van der Waals surface area contributed by atoms with Gasteiger partial charge in [-0.15, -0.1) is 0 Å². The Hall–Kier alpha value is -1.22. The maximum absolute atomic E-state index is 12.2. The van der Waals surface area contributed by atoms with Gasteiger partial charge in [-0.1, -0.05) is 35.3 Å². The molecule has 0 radical (unpaired) electrons. The van der Waals surface area contributed by atoms with Crippen molar-refractivity contribution in [2.24, 2.45) is 0 Å². The molecular formula is C19H14Cl2INO3S. The van der Waals surface area contributed by atoms with Crippen LogP contribution in [0, 0.1) is 3.57 Å². The number of nitrogens with zero attached hydrogens (tertiary/aromatic N) is 1. The van der Waals surface area contributed by atoms with E-state index in [-0.39, 0.29) is 11.1 Å². The number of thioether (sulfide) groups is 1. The maximum atomic E-state index is 12.2. The van der Waals surface area contributed by atoms with Gasteiger partial charge in [0.25, 0.3) is 11.1 Å². The summed E-state index contributed by atoms with van der Waals surface area (Å²) in [6, 6.07) is 11.3. The highest BCUT2D eigenvalue weighted by Gasteiger charge is 2.33. The number of carbonyl (C=O) groups is 2. The van der Waals surface area contributed by atoms with Crippen molar-refractivity contribution in [3.8, 4) is 5.75 Å². The second kappa shape index (κ2) is 8.86. The number of rotatable bonds is 5. The van der Waals surface area contributed by atoms with Crippen LogP contribution in [-0.4, -0.2) is 22.6 Å². The van der Waals surface area contributed by atoms with Crippen LogP contribution in [0.4, 0.5) is 4.79 Å². The van der Waals surface area contributed by atoms with E-state index in [0.717, 1.165) is 20.9 Å². The zero-order chi connectivity index (χ0) is 19.6. The van der Waals surface area contributed by atoms with E-state index in [4.69, 9.17) is 27.9 Å². The molecule has 1 heterocycles. The predicted molar refractivity (Wildman–Crippen MR) is 118 cm³/mol. The van der Waals surface area contributed by atoms with Crippen LogP contribution in [0.15, 0.2) is 41.3 Å². The fourth-order valence-corrected chi connectivity index (χ4v) is 4.34. The summed E-state index contributed by atoms with van der Waals surface area (Å²) in [6.07, 6.45) is 1.61. The van der Waals surface area contributed by atoms with E-state index >= 15 is 0 Å². The van der Waals surface area contributed by atoms with Crippen LogP contribution in [0.3, 0.4) is 0 Å². The lowest BCUT2D eigenvalue weighted by atomic mass is 10.2. The highest BCUT2D eigenvalue weighted by molar-refractivity contribution is 14.1. The van der Waals surface area contributed by atoms with Gasteiger partial charge < -0.3 is 4.74 Å². The number of amides is 2. The molecule has 4 nitrogen and oxygen atoms in total. The number of carbonyl (C=O) groups excluding carboxylic acids is 2. The van der Waals surface area contributed by atoms with Crippen molar-refractivity contribution in [2.45, 2.75) is 13.5 Å². The number of hydrogen-bond acceptors (Lipinski definition) is 4. The van der Waals surface area contributed by atoms with E-state index in [2.05, 4.69) is 22.6 Å². The molecule has 0 bridgehead atoms. The number of hydrogen-bond donors (Lipinski definition) is 0. The standard InChI is InChI=1S/C19H14Cl2INO3S/c1-2-23-18(24)16(27-19(23)25)9-12-7-14(20)17(15(21)8-12)26-10-11-3-5-13(22)6-4-11/h3-9H,2,10H2,1H3/b16-9+. The molecule has 0 saturated carbocycles. The fraction of sp³-hybridized carbons (Fsp3) is 0.158. The van der Waals surface area contributed by atoms with E-state index < -0.39 is 0 Å². The Morgan fingerprint density at radius 2 is 1.78 bits per heavy atom. The minimum atomic E-state index is -0.307. The molecule has 0 spiro atoms. The molecule has 1 aliphatic rings. The summed E-state index contributed by atoms with van der Waals surface area (Å²) < 4.78 is 6.91. The third-order valence-corrected chi connectivity index (χ3v) is 5.99. The highest BCUT2D eigenvalue weighted by Crippen LogP contribution is 2.37. The normalized spacial score (nSPS) is 15.7. The first kappa shape index (κ1) is 20.5. The lowest BCUT2D eigenvalue weighted by molar-refractivity contribution is -0.122. The molecule has 1 saturated heterocycles. The van der Waals surface area contributed by atoms with Crippen LogP contribution in [0.5, 0.6) is 5.75 Å². The summed E-state index contributed by atoms with van der Waals surface area (Å²) in [5, 5.41) is 0.409. The molecule has 0 atom stereocenters. The molecule has 0 unspecified atom stereocenters. The number of ether oxygens (including phenoxy) is 1. The first-order valence-corrected chi connectivity index (χ1v) is 10.7. The van der Waals surface area contributed by atoms with E-state index in [1.807, 2.05) is 24.3 Å². The molecule has 8 heteroatoms. The Balaban J connectivity index is 1.79. The molecule has 2 amide bonds. The van der Waals surface area contributed by atoms with Gasteiger partial charge in [0.05, 0.1) is 15.0 Å².